The highest BCUT2D eigenvalue weighted by Crippen LogP contribution is 2.33. The fourth-order valence-electron chi connectivity index (χ4n) is 2.73. The lowest BCUT2D eigenvalue weighted by Crippen LogP contribution is -2.51. The third-order valence-electron chi connectivity index (χ3n) is 4.12. The van der Waals surface area contributed by atoms with Crippen molar-refractivity contribution in [2.45, 2.75) is 62.9 Å². The van der Waals surface area contributed by atoms with Gasteiger partial charge in [-0.05, 0) is 32.1 Å². The monoisotopic (exact) mass is 210 g/mol. The van der Waals surface area contributed by atoms with Crippen LogP contribution in [0.5, 0.6) is 0 Å². The number of nitrogens with zero attached hydrogens (tertiary/aromatic N) is 1. The summed E-state index contributed by atoms with van der Waals surface area (Å²) in [5.74, 6) is 0.254. The molecule has 3 nitrogen and oxygen atoms in total. The zero-order valence-electron chi connectivity index (χ0n) is 9.67. The van der Waals surface area contributed by atoms with Crippen LogP contribution < -0.4 is 5.73 Å². The zero-order valence-corrected chi connectivity index (χ0v) is 9.67. The SMILES string of the molecule is CN(C(=O)CC1(N)CCC1)C1CCCC1. The topological polar surface area (TPSA) is 46.3 Å². The molecule has 0 saturated heterocycles. The predicted octanol–water partition coefficient (Wildman–Crippen LogP) is 1.66. The molecule has 0 spiro atoms. The first kappa shape index (κ1) is 10.9. The van der Waals surface area contributed by atoms with E-state index >= 15 is 0 Å². The Morgan fingerprint density at radius 3 is 2.40 bits per heavy atom. The lowest BCUT2D eigenvalue weighted by atomic mass is 9.75. The summed E-state index contributed by atoms with van der Waals surface area (Å²) in [6, 6.07) is 0.487. The van der Waals surface area contributed by atoms with Gasteiger partial charge in [-0.2, -0.15) is 0 Å². The maximum atomic E-state index is 12.0. The Morgan fingerprint density at radius 2 is 1.93 bits per heavy atom. The molecule has 0 radical (unpaired) electrons. The molecule has 0 atom stereocenters. The fraction of sp³-hybridized carbons (Fsp3) is 0.917. The second-order valence-corrected chi connectivity index (χ2v) is 5.34. The van der Waals surface area contributed by atoms with Crippen LogP contribution in [-0.4, -0.2) is 29.4 Å². The van der Waals surface area contributed by atoms with Crippen molar-refractivity contribution in [2.75, 3.05) is 7.05 Å². The molecule has 0 unspecified atom stereocenters. The number of carbonyl (C=O) groups is 1. The standard InChI is InChI=1S/C12H22N2O/c1-14(10-5-2-3-6-10)11(15)9-12(13)7-4-8-12/h10H,2-9,13H2,1H3. The van der Waals surface area contributed by atoms with E-state index in [0.717, 1.165) is 12.8 Å². The van der Waals surface area contributed by atoms with Gasteiger partial charge in [0.2, 0.25) is 5.91 Å². The summed E-state index contributed by atoms with van der Waals surface area (Å²) in [5, 5.41) is 0. The third-order valence-corrected chi connectivity index (χ3v) is 4.12. The highest BCUT2D eigenvalue weighted by Gasteiger charge is 2.36. The van der Waals surface area contributed by atoms with E-state index in [1.807, 2.05) is 11.9 Å². The highest BCUT2D eigenvalue weighted by atomic mass is 16.2. The molecule has 3 heteroatoms. The van der Waals surface area contributed by atoms with Gasteiger partial charge in [0.1, 0.15) is 0 Å². The van der Waals surface area contributed by atoms with Crippen LogP contribution in [0, 0.1) is 0 Å². The van der Waals surface area contributed by atoms with Crippen LogP contribution in [0.3, 0.4) is 0 Å². The average molecular weight is 210 g/mol. The molecule has 2 rings (SSSR count). The predicted molar refractivity (Wildman–Crippen MR) is 60.4 cm³/mol. The van der Waals surface area contributed by atoms with E-state index < -0.39 is 0 Å². The van der Waals surface area contributed by atoms with E-state index in [1.165, 1.54) is 32.1 Å². The van der Waals surface area contributed by atoms with Gasteiger partial charge in [0.05, 0.1) is 0 Å². The Labute approximate surface area is 92.0 Å². The minimum atomic E-state index is -0.163. The zero-order chi connectivity index (χ0) is 10.9. The Balaban J connectivity index is 1.84. The molecule has 0 aliphatic heterocycles. The molecule has 0 bridgehead atoms. The largest absolute Gasteiger partial charge is 0.343 e. The molecule has 2 aliphatic rings. The van der Waals surface area contributed by atoms with Crippen molar-refractivity contribution < 1.29 is 4.79 Å². The Morgan fingerprint density at radius 1 is 1.33 bits per heavy atom. The first-order valence-corrected chi connectivity index (χ1v) is 6.15. The van der Waals surface area contributed by atoms with Crippen molar-refractivity contribution >= 4 is 5.91 Å². The van der Waals surface area contributed by atoms with Gasteiger partial charge in [-0.1, -0.05) is 12.8 Å². The van der Waals surface area contributed by atoms with Crippen LogP contribution in [-0.2, 0) is 4.79 Å². The Bertz CT molecular complexity index is 242. The lowest BCUT2D eigenvalue weighted by Gasteiger charge is -2.39. The van der Waals surface area contributed by atoms with Gasteiger partial charge in [0.15, 0.2) is 0 Å². The molecule has 2 saturated carbocycles. The third kappa shape index (κ3) is 2.33. The molecule has 15 heavy (non-hydrogen) atoms. The van der Waals surface area contributed by atoms with Gasteiger partial charge in [-0.15, -0.1) is 0 Å². The van der Waals surface area contributed by atoms with Crippen LogP contribution in [0.1, 0.15) is 51.4 Å². The molecule has 0 aromatic carbocycles. The summed E-state index contributed by atoms with van der Waals surface area (Å²) in [5.41, 5.74) is 5.93. The number of nitrogens with two attached hydrogens (primary N) is 1. The van der Waals surface area contributed by atoms with Crippen molar-refractivity contribution in [3.63, 3.8) is 0 Å². The van der Waals surface area contributed by atoms with Gasteiger partial charge in [-0.3, -0.25) is 4.79 Å². The average Bonchev–Trinajstić information content (AvgIpc) is 2.66. The van der Waals surface area contributed by atoms with Crippen LogP contribution in [0.15, 0.2) is 0 Å². The first-order valence-electron chi connectivity index (χ1n) is 6.15. The van der Waals surface area contributed by atoms with E-state index in [9.17, 15) is 4.79 Å². The maximum absolute atomic E-state index is 12.0. The van der Waals surface area contributed by atoms with E-state index in [0.29, 0.717) is 12.5 Å². The van der Waals surface area contributed by atoms with Gasteiger partial charge < -0.3 is 10.6 Å². The molecule has 2 aliphatic carbocycles. The molecule has 0 heterocycles. The number of hydrogen-bond acceptors (Lipinski definition) is 2. The Kier molecular flexibility index (Phi) is 3.01. The molecular formula is C12H22N2O. The van der Waals surface area contributed by atoms with Crippen LogP contribution in [0.25, 0.3) is 0 Å². The van der Waals surface area contributed by atoms with Crippen molar-refractivity contribution in [1.29, 1.82) is 0 Å². The minimum Gasteiger partial charge on any atom is -0.343 e. The van der Waals surface area contributed by atoms with E-state index in [1.54, 1.807) is 0 Å². The van der Waals surface area contributed by atoms with Crippen molar-refractivity contribution in [3.05, 3.63) is 0 Å². The number of carbonyl (C=O) groups excluding carboxylic acids is 1. The molecule has 2 fully saturated rings. The molecule has 0 aromatic heterocycles. The Hall–Kier alpha value is -0.570. The van der Waals surface area contributed by atoms with E-state index in [2.05, 4.69) is 0 Å². The minimum absolute atomic E-state index is 0.163. The maximum Gasteiger partial charge on any atom is 0.224 e. The summed E-state index contributed by atoms with van der Waals surface area (Å²) < 4.78 is 0. The van der Waals surface area contributed by atoms with Gasteiger partial charge in [-0.25, -0.2) is 0 Å². The molecule has 2 N–H and O–H groups in total. The smallest absolute Gasteiger partial charge is 0.224 e. The molecule has 1 amide bonds. The number of amides is 1. The summed E-state index contributed by atoms with van der Waals surface area (Å²) in [7, 11) is 1.94. The highest BCUT2D eigenvalue weighted by molar-refractivity contribution is 5.77. The first-order chi connectivity index (χ1) is 7.11. The van der Waals surface area contributed by atoms with Crippen LogP contribution >= 0.6 is 0 Å². The number of hydrogen-bond donors (Lipinski definition) is 1. The summed E-state index contributed by atoms with van der Waals surface area (Å²) in [4.78, 5) is 13.9. The lowest BCUT2D eigenvalue weighted by molar-refractivity contribution is -0.133. The summed E-state index contributed by atoms with van der Waals surface area (Å²) in [6.45, 7) is 0. The van der Waals surface area contributed by atoms with E-state index in [4.69, 9.17) is 5.73 Å². The molecular weight excluding hydrogens is 188 g/mol. The van der Waals surface area contributed by atoms with Gasteiger partial charge in [0, 0.05) is 25.0 Å². The van der Waals surface area contributed by atoms with Crippen molar-refractivity contribution in [3.8, 4) is 0 Å². The van der Waals surface area contributed by atoms with Crippen molar-refractivity contribution in [1.82, 2.24) is 4.90 Å². The quantitative estimate of drug-likeness (QED) is 0.770. The van der Waals surface area contributed by atoms with Gasteiger partial charge >= 0.3 is 0 Å². The van der Waals surface area contributed by atoms with Crippen LogP contribution in [0.4, 0.5) is 0 Å². The van der Waals surface area contributed by atoms with Crippen molar-refractivity contribution in [2.24, 2.45) is 5.73 Å². The molecule has 86 valence electrons. The van der Waals surface area contributed by atoms with Gasteiger partial charge in [0.25, 0.3) is 0 Å². The molecule has 0 aromatic rings. The number of rotatable bonds is 3. The van der Waals surface area contributed by atoms with E-state index in [-0.39, 0.29) is 11.4 Å². The summed E-state index contributed by atoms with van der Waals surface area (Å²) >= 11 is 0. The summed E-state index contributed by atoms with van der Waals surface area (Å²) in [6.07, 6.45) is 8.71. The van der Waals surface area contributed by atoms with Crippen LogP contribution in [0.2, 0.25) is 0 Å². The second kappa shape index (κ2) is 4.12. The second-order valence-electron chi connectivity index (χ2n) is 5.34. The normalized spacial score (nSPS) is 24.9. The fourth-order valence-corrected chi connectivity index (χ4v) is 2.73.